The van der Waals surface area contributed by atoms with Crippen molar-refractivity contribution in [1.29, 1.82) is 0 Å². The maximum absolute atomic E-state index is 14.1. The maximum atomic E-state index is 14.1. The van der Waals surface area contributed by atoms with Gasteiger partial charge in [-0.1, -0.05) is 0 Å². The molecule has 2 N–H and O–H groups in total. The number of nitrogens with zero attached hydrogens (tertiary/aromatic N) is 5. The molecule has 3 aromatic heterocycles. The van der Waals surface area contributed by atoms with Crippen molar-refractivity contribution in [1.82, 2.24) is 24.4 Å². The van der Waals surface area contributed by atoms with Crippen LogP contribution < -0.4 is 5.32 Å². The molecule has 0 spiro atoms. The van der Waals surface area contributed by atoms with E-state index in [9.17, 15) is 22.7 Å². The minimum atomic E-state index is -4.56. The zero-order valence-electron chi connectivity index (χ0n) is 13.7. The number of alkyl halides is 3. The summed E-state index contributed by atoms with van der Waals surface area (Å²) in [4.78, 5) is 4.00. The highest BCUT2D eigenvalue weighted by Gasteiger charge is 2.32. The number of fused-ring (bicyclic) bond motifs is 1. The first kappa shape index (κ1) is 17.7. The molecule has 4 heterocycles. The topological polar surface area (TPSA) is 89.5 Å². The van der Waals surface area contributed by atoms with Crippen LogP contribution in [0.15, 0.2) is 24.7 Å². The largest absolute Gasteiger partial charge is 0.419 e. The second-order valence-electron chi connectivity index (χ2n) is 6.08. The van der Waals surface area contributed by atoms with Crippen LogP contribution in [0, 0.1) is 5.82 Å². The number of halogens is 4. The lowest BCUT2D eigenvalue weighted by molar-refractivity contribution is -0.137. The van der Waals surface area contributed by atoms with Gasteiger partial charge in [0.05, 0.1) is 36.7 Å². The van der Waals surface area contributed by atoms with Gasteiger partial charge in [-0.05, 0) is 6.42 Å². The summed E-state index contributed by atoms with van der Waals surface area (Å²) in [5.74, 6) is -0.629. The molecular formula is C15H14F4N6O2. The molecule has 2 atom stereocenters. The fraction of sp³-hybridized carbons (Fsp3) is 0.400. The first-order chi connectivity index (χ1) is 12.8. The zero-order valence-corrected chi connectivity index (χ0v) is 13.7. The van der Waals surface area contributed by atoms with Gasteiger partial charge in [0, 0.05) is 18.9 Å². The van der Waals surface area contributed by atoms with Crippen LogP contribution in [-0.4, -0.2) is 54.8 Å². The minimum absolute atomic E-state index is 0.0176. The highest BCUT2D eigenvalue weighted by atomic mass is 19.4. The maximum Gasteiger partial charge on any atom is 0.419 e. The van der Waals surface area contributed by atoms with Crippen LogP contribution in [0.5, 0.6) is 0 Å². The van der Waals surface area contributed by atoms with E-state index in [1.807, 2.05) is 0 Å². The van der Waals surface area contributed by atoms with Gasteiger partial charge in [0.25, 0.3) is 0 Å². The summed E-state index contributed by atoms with van der Waals surface area (Å²) in [5, 5.41) is 20.6. The van der Waals surface area contributed by atoms with Crippen molar-refractivity contribution in [2.24, 2.45) is 0 Å². The van der Waals surface area contributed by atoms with Gasteiger partial charge in [-0.3, -0.25) is 0 Å². The lowest BCUT2D eigenvalue weighted by atomic mass is 10.1. The average Bonchev–Trinajstić information content (AvgIpc) is 3.22. The van der Waals surface area contributed by atoms with E-state index in [1.165, 1.54) is 6.20 Å². The quantitative estimate of drug-likeness (QED) is 0.666. The Balaban J connectivity index is 1.70. The van der Waals surface area contributed by atoms with Gasteiger partial charge in [-0.15, -0.1) is 5.10 Å². The van der Waals surface area contributed by atoms with Crippen LogP contribution >= 0.6 is 0 Å². The Morgan fingerprint density at radius 3 is 2.81 bits per heavy atom. The summed E-state index contributed by atoms with van der Waals surface area (Å²) in [6.07, 6.45) is -2.21. The third-order valence-corrected chi connectivity index (χ3v) is 4.23. The second kappa shape index (κ2) is 6.46. The van der Waals surface area contributed by atoms with Gasteiger partial charge < -0.3 is 15.2 Å². The predicted molar refractivity (Wildman–Crippen MR) is 83.9 cm³/mol. The molecular weight excluding hydrogens is 372 g/mol. The van der Waals surface area contributed by atoms with E-state index in [0.29, 0.717) is 19.2 Å². The van der Waals surface area contributed by atoms with E-state index in [0.717, 1.165) is 21.5 Å². The van der Waals surface area contributed by atoms with Crippen LogP contribution in [-0.2, 0) is 10.9 Å². The molecule has 0 aliphatic carbocycles. The third-order valence-electron chi connectivity index (χ3n) is 4.23. The molecule has 1 aliphatic rings. The van der Waals surface area contributed by atoms with Crippen molar-refractivity contribution >= 4 is 11.5 Å². The summed E-state index contributed by atoms with van der Waals surface area (Å²) >= 11 is 0. The molecule has 144 valence electrons. The molecule has 4 rings (SSSR count). The molecule has 0 aromatic carbocycles. The number of aromatic nitrogens is 5. The SMILES string of the molecule is O[C@@H]1COCC[C@H]1Nc1ncc2c(F)cc(-n3cc(C(F)(F)F)cn3)n2n1. The first-order valence-electron chi connectivity index (χ1n) is 8.02. The normalized spacial score (nSPS) is 20.9. The molecule has 0 bridgehead atoms. The highest BCUT2D eigenvalue weighted by Crippen LogP contribution is 2.29. The predicted octanol–water partition coefficient (Wildman–Crippen LogP) is 1.63. The van der Waals surface area contributed by atoms with Crippen LogP contribution in [0.1, 0.15) is 12.0 Å². The van der Waals surface area contributed by atoms with Gasteiger partial charge >= 0.3 is 6.18 Å². The second-order valence-corrected chi connectivity index (χ2v) is 6.08. The number of hydrogen-bond acceptors (Lipinski definition) is 6. The van der Waals surface area contributed by atoms with Gasteiger partial charge in [0.2, 0.25) is 5.95 Å². The minimum Gasteiger partial charge on any atom is -0.389 e. The van der Waals surface area contributed by atoms with E-state index in [-0.39, 0.29) is 29.9 Å². The van der Waals surface area contributed by atoms with Crippen LogP contribution in [0.4, 0.5) is 23.5 Å². The summed E-state index contributed by atoms with van der Waals surface area (Å²) in [5.41, 5.74) is -0.984. The first-order valence-corrected chi connectivity index (χ1v) is 8.02. The van der Waals surface area contributed by atoms with Crippen molar-refractivity contribution < 1.29 is 27.4 Å². The smallest absolute Gasteiger partial charge is 0.389 e. The summed E-state index contributed by atoms with van der Waals surface area (Å²) in [6.45, 7) is 0.616. The summed E-state index contributed by atoms with van der Waals surface area (Å²) < 4.78 is 59.7. The monoisotopic (exact) mass is 386 g/mol. The standard InChI is InChI=1S/C15H14F4N6O2/c16-9-3-13(24-6-8(4-21-24)15(17,18)19)25-11(9)5-20-14(23-25)22-10-1-2-27-7-12(10)26/h3-6,10,12,26H,1-2,7H2,(H,22,23)/t10-,12-/m1/s1. The number of aliphatic hydroxyl groups is 1. The Bertz CT molecular complexity index is 969. The fourth-order valence-corrected chi connectivity index (χ4v) is 2.82. The molecule has 27 heavy (non-hydrogen) atoms. The van der Waals surface area contributed by atoms with Crippen molar-refractivity contribution in [2.45, 2.75) is 24.7 Å². The van der Waals surface area contributed by atoms with E-state index in [4.69, 9.17) is 4.74 Å². The lowest BCUT2D eigenvalue weighted by Crippen LogP contribution is -2.42. The Labute approximate surface area is 149 Å². The molecule has 12 heteroatoms. The van der Waals surface area contributed by atoms with E-state index < -0.39 is 23.7 Å². The fourth-order valence-electron chi connectivity index (χ4n) is 2.82. The summed E-state index contributed by atoms with van der Waals surface area (Å²) in [7, 11) is 0. The molecule has 8 nitrogen and oxygen atoms in total. The van der Waals surface area contributed by atoms with Crippen LogP contribution in [0.3, 0.4) is 0 Å². The van der Waals surface area contributed by atoms with E-state index >= 15 is 0 Å². The number of rotatable bonds is 3. The molecule has 0 unspecified atom stereocenters. The highest BCUT2D eigenvalue weighted by molar-refractivity contribution is 5.53. The molecule has 1 aliphatic heterocycles. The van der Waals surface area contributed by atoms with Gasteiger partial charge in [-0.2, -0.15) is 18.3 Å². The van der Waals surface area contributed by atoms with Crippen LogP contribution in [0.2, 0.25) is 0 Å². The molecule has 1 fully saturated rings. The van der Waals surface area contributed by atoms with Crippen molar-refractivity contribution in [3.8, 4) is 5.82 Å². The number of hydrogen-bond donors (Lipinski definition) is 2. The number of aliphatic hydroxyl groups excluding tert-OH is 1. The van der Waals surface area contributed by atoms with E-state index in [2.05, 4.69) is 20.5 Å². The Morgan fingerprint density at radius 1 is 1.30 bits per heavy atom. The van der Waals surface area contributed by atoms with Crippen molar-refractivity contribution in [3.63, 3.8) is 0 Å². The molecule has 3 aromatic rings. The number of nitrogens with one attached hydrogen (secondary N) is 1. The lowest BCUT2D eigenvalue weighted by Gasteiger charge is -2.28. The molecule has 0 amide bonds. The molecule has 1 saturated heterocycles. The Kier molecular flexibility index (Phi) is 4.23. The van der Waals surface area contributed by atoms with Gasteiger partial charge in [-0.25, -0.2) is 18.6 Å². The number of ether oxygens (including phenoxy) is 1. The summed E-state index contributed by atoms with van der Waals surface area (Å²) in [6, 6.07) is 0.658. The van der Waals surface area contributed by atoms with Crippen molar-refractivity contribution in [3.05, 3.63) is 36.0 Å². The van der Waals surface area contributed by atoms with E-state index in [1.54, 1.807) is 0 Å². The Morgan fingerprint density at radius 2 is 2.11 bits per heavy atom. The van der Waals surface area contributed by atoms with Crippen molar-refractivity contribution in [2.75, 3.05) is 18.5 Å². The molecule has 0 radical (unpaired) electrons. The Hall–Kier alpha value is -2.73. The van der Waals surface area contributed by atoms with Crippen LogP contribution in [0.25, 0.3) is 11.3 Å². The van der Waals surface area contributed by atoms with Gasteiger partial charge in [0.15, 0.2) is 11.6 Å². The number of anilines is 1. The molecule has 0 saturated carbocycles. The van der Waals surface area contributed by atoms with Gasteiger partial charge in [0.1, 0.15) is 5.52 Å². The third kappa shape index (κ3) is 3.32. The zero-order chi connectivity index (χ0) is 19.2. The average molecular weight is 386 g/mol.